The molecule has 0 bridgehead atoms. The SMILES string of the molecule is CN(C)CCN1OC(C(N)=O)=CC1O. The van der Waals surface area contributed by atoms with Crippen LogP contribution in [-0.4, -0.2) is 54.4 Å². The second-order valence-corrected chi connectivity index (χ2v) is 3.34. The molecule has 0 aromatic carbocycles. The lowest BCUT2D eigenvalue weighted by molar-refractivity contribution is -0.175. The third-order valence-electron chi connectivity index (χ3n) is 1.82. The molecule has 0 saturated carbocycles. The molecule has 0 saturated heterocycles. The van der Waals surface area contributed by atoms with Crippen molar-refractivity contribution in [2.75, 3.05) is 27.2 Å². The highest BCUT2D eigenvalue weighted by molar-refractivity contribution is 5.90. The molecule has 0 radical (unpaired) electrons. The normalized spacial score (nSPS) is 22.3. The maximum absolute atomic E-state index is 10.7. The second kappa shape index (κ2) is 4.41. The van der Waals surface area contributed by atoms with E-state index >= 15 is 0 Å². The Labute approximate surface area is 82.5 Å². The van der Waals surface area contributed by atoms with E-state index in [1.54, 1.807) is 0 Å². The first-order valence-electron chi connectivity index (χ1n) is 4.29. The summed E-state index contributed by atoms with van der Waals surface area (Å²) < 4.78 is 0. The van der Waals surface area contributed by atoms with E-state index in [0.29, 0.717) is 6.54 Å². The molecule has 0 aliphatic carbocycles. The third-order valence-corrected chi connectivity index (χ3v) is 1.82. The summed E-state index contributed by atoms with van der Waals surface area (Å²) in [4.78, 5) is 17.7. The first-order valence-corrected chi connectivity index (χ1v) is 4.29. The molecule has 1 rings (SSSR count). The number of hydrogen-bond acceptors (Lipinski definition) is 5. The van der Waals surface area contributed by atoms with Gasteiger partial charge in [-0.05, 0) is 14.1 Å². The summed E-state index contributed by atoms with van der Waals surface area (Å²) in [7, 11) is 3.82. The molecule has 3 N–H and O–H groups in total. The average Bonchev–Trinajstić information content (AvgIpc) is 2.43. The Balaban J connectivity index is 2.42. The Morgan fingerprint density at radius 1 is 1.79 bits per heavy atom. The maximum atomic E-state index is 10.7. The van der Waals surface area contributed by atoms with E-state index in [2.05, 4.69) is 0 Å². The lowest BCUT2D eigenvalue weighted by atomic mass is 10.4. The van der Waals surface area contributed by atoms with Gasteiger partial charge in [-0.25, -0.2) is 0 Å². The van der Waals surface area contributed by atoms with Crippen LogP contribution in [0.25, 0.3) is 0 Å². The zero-order valence-corrected chi connectivity index (χ0v) is 8.30. The number of rotatable bonds is 4. The fourth-order valence-corrected chi connectivity index (χ4v) is 1.03. The Morgan fingerprint density at radius 2 is 2.43 bits per heavy atom. The molecule has 1 amide bonds. The minimum Gasteiger partial charge on any atom is -0.397 e. The number of hydrogen-bond donors (Lipinski definition) is 2. The van der Waals surface area contributed by atoms with Crippen LogP contribution in [0.1, 0.15) is 0 Å². The summed E-state index contributed by atoms with van der Waals surface area (Å²) >= 11 is 0. The van der Waals surface area contributed by atoms with Crippen LogP contribution in [-0.2, 0) is 9.63 Å². The smallest absolute Gasteiger partial charge is 0.286 e. The van der Waals surface area contributed by atoms with Gasteiger partial charge in [0.1, 0.15) is 0 Å². The van der Waals surface area contributed by atoms with E-state index in [0.717, 1.165) is 6.54 Å². The van der Waals surface area contributed by atoms with Gasteiger partial charge < -0.3 is 20.6 Å². The molecular formula is C8H15N3O3. The zero-order chi connectivity index (χ0) is 10.7. The Hall–Kier alpha value is -1.11. The van der Waals surface area contributed by atoms with Crippen LogP contribution in [0.15, 0.2) is 11.8 Å². The van der Waals surface area contributed by atoms with E-state index in [1.807, 2.05) is 19.0 Å². The van der Waals surface area contributed by atoms with E-state index in [9.17, 15) is 9.90 Å². The van der Waals surface area contributed by atoms with Crippen molar-refractivity contribution in [3.05, 3.63) is 11.8 Å². The Bertz CT molecular complexity index is 252. The monoisotopic (exact) mass is 201 g/mol. The van der Waals surface area contributed by atoms with Crippen LogP contribution in [0.4, 0.5) is 0 Å². The molecule has 0 fully saturated rings. The molecule has 1 heterocycles. The molecule has 0 aromatic rings. The summed E-state index contributed by atoms with van der Waals surface area (Å²) in [5.41, 5.74) is 5.00. The van der Waals surface area contributed by atoms with Crippen molar-refractivity contribution in [2.24, 2.45) is 5.73 Å². The zero-order valence-electron chi connectivity index (χ0n) is 8.30. The summed E-state index contributed by atoms with van der Waals surface area (Å²) in [5.74, 6) is -0.673. The van der Waals surface area contributed by atoms with Crippen LogP contribution in [0, 0.1) is 0 Å². The number of likely N-dealkylation sites (N-methyl/N-ethyl adjacent to an activating group) is 1. The van der Waals surface area contributed by atoms with E-state index in [-0.39, 0.29) is 5.76 Å². The number of amides is 1. The number of nitrogens with zero attached hydrogens (tertiary/aromatic N) is 2. The van der Waals surface area contributed by atoms with Gasteiger partial charge in [-0.3, -0.25) is 4.79 Å². The van der Waals surface area contributed by atoms with Crippen LogP contribution in [0.3, 0.4) is 0 Å². The quantitative estimate of drug-likeness (QED) is 0.577. The molecule has 80 valence electrons. The van der Waals surface area contributed by atoms with Crippen LogP contribution >= 0.6 is 0 Å². The second-order valence-electron chi connectivity index (χ2n) is 3.34. The Morgan fingerprint density at radius 3 is 2.86 bits per heavy atom. The van der Waals surface area contributed by atoms with Crippen molar-refractivity contribution in [1.29, 1.82) is 0 Å². The molecule has 1 unspecified atom stereocenters. The number of aliphatic hydroxyl groups is 1. The molecular weight excluding hydrogens is 186 g/mol. The molecule has 14 heavy (non-hydrogen) atoms. The molecule has 6 heteroatoms. The first-order chi connectivity index (χ1) is 6.50. The van der Waals surface area contributed by atoms with Crippen LogP contribution in [0.5, 0.6) is 0 Å². The van der Waals surface area contributed by atoms with E-state index in [1.165, 1.54) is 11.1 Å². The van der Waals surface area contributed by atoms with Gasteiger partial charge in [-0.2, -0.15) is 0 Å². The lowest BCUT2D eigenvalue weighted by Crippen LogP contribution is -2.35. The number of primary amides is 1. The molecule has 0 aromatic heterocycles. The fraction of sp³-hybridized carbons (Fsp3) is 0.625. The van der Waals surface area contributed by atoms with Crippen molar-refractivity contribution in [3.8, 4) is 0 Å². The summed E-state index contributed by atoms with van der Waals surface area (Å²) in [5, 5.41) is 10.7. The van der Waals surface area contributed by atoms with Gasteiger partial charge in [-0.15, -0.1) is 5.06 Å². The van der Waals surface area contributed by atoms with Gasteiger partial charge in [-0.1, -0.05) is 0 Å². The van der Waals surface area contributed by atoms with Crippen molar-refractivity contribution in [2.45, 2.75) is 6.23 Å². The van der Waals surface area contributed by atoms with Gasteiger partial charge in [0.15, 0.2) is 6.23 Å². The minimum absolute atomic E-state index is 0.00347. The van der Waals surface area contributed by atoms with Gasteiger partial charge in [0.05, 0.1) is 6.54 Å². The fourth-order valence-electron chi connectivity index (χ4n) is 1.03. The van der Waals surface area contributed by atoms with Crippen molar-refractivity contribution in [3.63, 3.8) is 0 Å². The maximum Gasteiger partial charge on any atom is 0.286 e. The molecule has 1 atom stereocenters. The number of nitrogens with two attached hydrogens (primary N) is 1. The highest BCUT2D eigenvalue weighted by Crippen LogP contribution is 2.15. The van der Waals surface area contributed by atoms with Crippen LogP contribution < -0.4 is 5.73 Å². The number of aliphatic hydroxyl groups excluding tert-OH is 1. The molecule has 1 aliphatic heterocycles. The van der Waals surface area contributed by atoms with Crippen LogP contribution in [0.2, 0.25) is 0 Å². The summed E-state index contributed by atoms with van der Waals surface area (Å²) in [6.07, 6.45) is 0.398. The van der Waals surface area contributed by atoms with Crippen molar-refractivity contribution < 1.29 is 14.7 Å². The number of hydroxylamine groups is 2. The van der Waals surface area contributed by atoms with Gasteiger partial charge in [0.2, 0.25) is 5.76 Å². The molecule has 1 aliphatic rings. The predicted octanol–water partition coefficient (Wildman–Crippen LogP) is -1.52. The Kier molecular flexibility index (Phi) is 3.45. The average molecular weight is 201 g/mol. The highest BCUT2D eigenvalue weighted by Gasteiger charge is 2.27. The number of carbonyl (C=O) groups excluding carboxylic acids is 1. The molecule has 6 nitrogen and oxygen atoms in total. The predicted molar refractivity (Wildman–Crippen MR) is 49.6 cm³/mol. The van der Waals surface area contributed by atoms with Crippen molar-refractivity contribution in [1.82, 2.24) is 9.96 Å². The van der Waals surface area contributed by atoms with Gasteiger partial charge in [0, 0.05) is 12.6 Å². The van der Waals surface area contributed by atoms with Crippen molar-refractivity contribution >= 4 is 5.91 Å². The van der Waals surface area contributed by atoms with Gasteiger partial charge >= 0.3 is 0 Å². The summed E-state index contributed by atoms with van der Waals surface area (Å²) in [6.45, 7) is 1.22. The highest BCUT2D eigenvalue weighted by atomic mass is 16.7. The minimum atomic E-state index is -0.891. The van der Waals surface area contributed by atoms with E-state index < -0.39 is 12.1 Å². The van der Waals surface area contributed by atoms with Gasteiger partial charge in [0.25, 0.3) is 5.91 Å². The van der Waals surface area contributed by atoms with E-state index in [4.69, 9.17) is 10.6 Å². The lowest BCUT2D eigenvalue weighted by Gasteiger charge is -2.20. The molecule has 0 spiro atoms. The first kappa shape index (κ1) is 11.0. The standard InChI is InChI=1S/C8H15N3O3/c1-10(2)3-4-11-7(12)5-6(14-11)8(9)13/h5,7,12H,3-4H2,1-2H3,(H2,9,13). The number of carbonyl (C=O) groups is 1. The summed E-state index contributed by atoms with van der Waals surface area (Å²) in [6, 6.07) is 0. The largest absolute Gasteiger partial charge is 0.397 e. The topological polar surface area (TPSA) is 79.0 Å². The third kappa shape index (κ3) is 2.69.